The first-order chi connectivity index (χ1) is 13.7. The Morgan fingerprint density at radius 1 is 1.04 bits per heavy atom. The largest absolute Gasteiger partial charge is 0.481 e. The van der Waals surface area contributed by atoms with Crippen molar-refractivity contribution in [3.8, 4) is 11.8 Å². The van der Waals surface area contributed by atoms with Crippen molar-refractivity contribution >= 4 is 5.97 Å². The van der Waals surface area contributed by atoms with Crippen LogP contribution in [0.4, 0.5) is 0 Å². The average molecular weight is 387 g/mol. The van der Waals surface area contributed by atoms with Crippen molar-refractivity contribution < 1.29 is 9.90 Å². The summed E-state index contributed by atoms with van der Waals surface area (Å²) in [6.07, 6.45) is 23.8. The van der Waals surface area contributed by atoms with Gasteiger partial charge in [0.05, 0.1) is 0 Å². The SMILES string of the molecule is CCCCCCC#C[C@H]1CCC[C@@H]1C(C=CCCCC(=O)O)C1CCCCC1. The summed E-state index contributed by atoms with van der Waals surface area (Å²) in [5.41, 5.74) is 0. The second kappa shape index (κ2) is 13.9. The molecule has 0 radical (unpaired) electrons. The first kappa shape index (κ1) is 23.1. The minimum atomic E-state index is -0.678. The maximum absolute atomic E-state index is 10.7. The van der Waals surface area contributed by atoms with E-state index in [4.69, 9.17) is 5.11 Å². The molecular formula is C26H42O2. The Labute approximate surface area is 173 Å². The molecule has 1 unspecified atom stereocenters. The van der Waals surface area contributed by atoms with Gasteiger partial charge in [-0.15, -0.1) is 5.92 Å². The van der Waals surface area contributed by atoms with Crippen LogP contribution in [0, 0.1) is 35.5 Å². The average Bonchev–Trinajstić information content (AvgIpc) is 3.16. The van der Waals surface area contributed by atoms with Crippen LogP contribution in [-0.2, 0) is 4.79 Å². The lowest BCUT2D eigenvalue weighted by atomic mass is 9.71. The number of carbonyl (C=O) groups is 1. The normalized spacial score (nSPS) is 24.2. The summed E-state index contributed by atoms with van der Waals surface area (Å²) in [4.78, 5) is 10.7. The van der Waals surface area contributed by atoms with E-state index in [1.54, 1.807) is 0 Å². The van der Waals surface area contributed by atoms with E-state index in [0.717, 1.165) is 31.1 Å². The number of hydrogen-bond donors (Lipinski definition) is 1. The van der Waals surface area contributed by atoms with Crippen LogP contribution in [0.15, 0.2) is 12.2 Å². The summed E-state index contributed by atoms with van der Waals surface area (Å²) in [5.74, 6) is 9.32. The summed E-state index contributed by atoms with van der Waals surface area (Å²) in [7, 11) is 0. The van der Waals surface area contributed by atoms with Crippen LogP contribution in [0.25, 0.3) is 0 Å². The molecule has 2 heteroatoms. The third-order valence-corrected chi connectivity index (χ3v) is 6.82. The van der Waals surface area contributed by atoms with Crippen molar-refractivity contribution in [1.82, 2.24) is 0 Å². The Hall–Kier alpha value is -1.23. The fraction of sp³-hybridized carbons (Fsp3) is 0.808. The van der Waals surface area contributed by atoms with E-state index in [1.807, 2.05) is 0 Å². The first-order valence-electron chi connectivity index (χ1n) is 12.1. The summed E-state index contributed by atoms with van der Waals surface area (Å²) in [6, 6.07) is 0. The second-order valence-electron chi connectivity index (χ2n) is 9.02. The van der Waals surface area contributed by atoms with E-state index in [2.05, 4.69) is 30.9 Å². The highest BCUT2D eigenvalue weighted by atomic mass is 16.4. The lowest BCUT2D eigenvalue weighted by Crippen LogP contribution is -2.26. The molecule has 3 atom stereocenters. The van der Waals surface area contributed by atoms with Gasteiger partial charge in [-0.05, 0) is 62.7 Å². The number of hydrogen-bond acceptors (Lipinski definition) is 1. The van der Waals surface area contributed by atoms with Gasteiger partial charge in [0.1, 0.15) is 0 Å². The van der Waals surface area contributed by atoms with Crippen LogP contribution in [-0.4, -0.2) is 11.1 Å². The molecule has 2 nitrogen and oxygen atoms in total. The maximum atomic E-state index is 10.7. The molecule has 0 aromatic rings. The third-order valence-electron chi connectivity index (χ3n) is 6.82. The van der Waals surface area contributed by atoms with Gasteiger partial charge in [0, 0.05) is 18.8 Å². The molecule has 0 heterocycles. The molecule has 0 amide bonds. The number of unbranched alkanes of at least 4 members (excludes halogenated alkanes) is 5. The number of carboxylic acids is 1. The Morgan fingerprint density at radius 2 is 1.86 bits per heavy atom. The van der Waals surface area contributed by atoms with Crippen molar-refractivity contribution in [3.05, 3.63) is 12.2 Å². The molecule has 0 aromatic carbocycles. The minimum absolute atomic E-state index is 0.286. The molecule has 0 spiro atoms. The molecular weight excluding hydrogens is 344 g/mol. The summed E-state index contributed by atoms with van der Waals surface area (Å²) in [6.45, 7) is 2.26. The zero-order valence-corrected chi connectivity index (χ0v) is 18.1. The van der Waals surface area contributed by atoms with Gasteiger partial charge in [-0.2, -0.15) is 0 Å². The van der Waals surface area contributed by atoms with E-state index < -0.39 is 5.97 Å². The number of carboxylic acid groups (broad SMARTS) is 1. The highest BCUT2D eigenvalue weighted by Gasteiger charge is 2.35. The molecule has 2 rings (SSSR count). The monoisotopic (exact) mass is 386 g/mol. The topological polar surface area (TPSA) is 37.3 Å². The predicted octanol–water partition coefficient (Wildman–Crippen LogP) is 7.38. The Kier molecular flexibility index (Phi) is 11.4. The quantitative estimate of drug-likeness (QED) is 0.228. The fourth-order valence-electron chi connectivity index (χ4n) is 5.27. The van der Waals surface area contributed by atoms with Crippen molar-refractivity contribution in [3.63, 3.8) is 0 Å². The van der Waals surface area contributed by atoms with Crippen LogP contribution >= 0.6 is 0 Å². The first-order valence-corrected chi connectivity index (χ1v) is 12.1. The van der Waals surface area contributed by atoms with Crippen LogP contribution < -0.4 is 0 Å². The fourth-order valence-corrected chi connectivity index (χ4v) is 5.27. The van der Waals surface area contributed by atoms with Gasteiger partial charge < -0.3 is 5.11 Å². The van der Waals surface area contributed by atoms with Crippen LogP contribution in [0.5, 0.6) is 0 Å². The van der Waals surface area contributed by atoms with Crippen molar-refractivity contribution in [2.75, 3.05) is 0 Å². The smallest absolute Gasteiger partial charge is 0.303 e. The summed E-state index contributed by atoms with van der Waals surface area (Å²) >= 11 is 0. The Balaban J connectivity index is 1.94. The number of aliphatic carboxylic acids is 1. The molecule has 2 aliphatic rings. The standard InChI is InChI=1S/C26H42O2/c1-2-3-4-5-6-9-15-23-18-14-20-25(23)24(22-16-10-7-11-17-22)19-12-8-13-21-26(27)28/h12,19,22-25H,2-8,10-11,13-14,16-18,20-21H2,1H3,(H,27,28)/t23-,24?,25-/m0/s1. The lowest BCUT2D eigenvalue weighted by Gasteiger charge is -2.34. The highest BCUT2D eigenvalue weighted by Crippen LogP contribution is 2.44. The molecule has 2 saturated carbocycles. The van der Waals surface area contributed by atoms with Gasteiger partial charge >= 0.3 is 5.97 Å². The van der Waals surface area contributed by atoms with Crippen molar-refractivity contribution in [2.45, 2.75) is 110 Å². The third kappa shape index (κ3) is 8.42. The molecule has 2 fully saturated rings. The van der Waals surface area contributed by atoms with Crippen molar-refractivity contribution in [1.29, 1.82) is 0 Å². The van der Waals surface area contributed by atoms with Gasteiger partial charge in [0.25, 0.3) is 0 Å². The zero-order chi connectivity index (χ0) is 20.0. The van der Waals surface area contributed by atoms with Gasteiger partial charge in [-0.3, -0.25) is 4.79 Å². The Morgan fingerprint density at radius 3 is 2.61 bits per heavy atom. The zero-order valence-electron chi connectivity index (χ0n) is 18.1. The van der Waals surface area contributed by atoms with E-state index in [0.29, 0.717) is 11.8 Å². The summed E-state index contributed by atoms with van der Waals surface area (Å²) < 4.78 is 0. The van der Waals surface area contributed by atoms with E-state index in [-0.39, 0.29) is 6.42 Å². The minimum Gasteiger partial charge on any atom is -0.481 e. The van der Waals surface area contributed by atoms with Crippen LogP contribution in [0.1, 0.15) is 110 Å². The van der Waals surface area contributed by atoms with E-state index in [1.165, 1.54) is 77.0 Å². The predicted molar refractivity (Wildman–Crippen MR) is 118 cm³/mol. The number of allylic oxidation sites excluding steroid dienone is 2. The van der Waals surface area contributed by atoms with E-state index >= 15 is 0 Å². The Bertz CT molecular complexity index is 518. The van der Waals surface area contributed by atoms with Crippen molar-refractivity contribution in [2.24, 2.45) is 23.7 Å². The second-order valence-corrected chi connectivity index (χ2v) is 9.02. The molecule has 158 valence electrons. The molecule has 0 bridgehead atoms. The number of rotatable bonds is 11. The molecule has 0 aliphatic heterocycles. The molecule has 2 aliphatic carbocycles. The molecule has 0 saturated heterocycles. The van der Waals surface area contributed by atoms with Gasteiger partial charge in [0.15, 0.2) is 0 Å². The maximum Gasteiger partial charge on any atom is 0.303 e. The van der Waals surface area contributed by atoms with Crippen LogP contribution in [0.3, 0.4) is 0 Å². The molecule has 28 heavy (non-hydrogen) atoms. The molecule has 1 N–H and O–H groups in total. The summed E-state index contributed by atoms with van der Waals surface area (Å²) in [5, 5.41) is 8.84. The molecule has 0 aromatic heterocycles. The highest BCUT2D eigenvalue weighted by molar-refractivity contribution is 5.66. The van der Waals surface area contributed by atoms with Gasteiger partial charge in [-0.25, -0.2) is 0 Å². The van der Waals surface area contributed by atoms with Gasteiger partial charge in [-0.1, -0.05) is 69.9 Å². The van der Waals surface area contributed by atoms with Gasteiger partial charge in [0.2, 0.25) is 0 Å². The lowest BCUT2D eigenvalue weighted by molar-refractivity contribution is -0.137. The van der Waals surface area contributed by atoms with E-state index in [9.17, 15) is 4.79 Å². The van der Waals surface area contributed by atoms with Crippen LogP contribution in [0.2, 0.25) is 0 Å².